The minimum absolute atomic E-state index is 0.848. The summed E-state index contributed by atoms with van der Waals surface area (Å²) in [5.41, 5.74) is 0. The molecule has 0 bridgehead atoms. The van der Waals surface area contributed by atoms with Crippen molar-refractivity contribution in [1.82, 2.24) is 5.32 Å². The van der Waals surface area contributed by atoms with E-state index < -0.39 is 0 Å². The molecule has 1 N–H and O–H groups in total. The third kappa shape index (κ3) is 2.46. The van der Waals surface area contributed by atoms with E-state index in [0.29, 0.717) is 0 Å². The van der Waals surface area contributed by atoms with Crippen LogP contribution in [0.1, 0.15) is 52.4 Å². The molecule has 0 saturated heterocycles. The molecule has 3 unspecified atom stereocenters. The van der Waals surface area contributed by atoms with Gasteiger partial charge in [-0.25, -0.2) is 0 Å². The van der Waals surface area contributed by atoms with E-state index in [1.54, 1.807) is 0 Å². The second kappa shape index (κ2) is 4.00. The molecular weight excluding hydrogens is 158 g/mol. The molecule has 1 heteroatoms. The summed E-state index contributed by atoms with van der Waals surface area (Å²) in [5, 5.41) is 3.82. The highest BCUT2D eigenvalue weighted by atomic mass is 15.0. The molecule has 2 aliphatic rings. The highest BCUT2D eigenvalue weighted by Crippen LogP contribution is 2.33. The molecule has 76 valence electrons. The third-order valence-corrected chi connectivity index (χ3v) is 3.81. The van der Waals surface area contributed by atoms with Gasteiger partial charge in [-0.1, -0.05) is 26.7 Å². The van der Waals surface area contributed by atoms with Gasteiger partial charge in [-0.15, -0.1) is 0 Å². The van der Waals surface area contributed by atoms with Crippen LogP contribution in [0.2, 0.25) is 0 Å². The SMILES string of the molecule is CCC1CCC(C)CC1NC1CC1. The van der Waals surface area contributed by atoms with Crippen molar-refractivity contribution in [2.24, 2.45) is 11.8 Å². The Bertz CT molecular complexity index is 161. The minimum atomic E-state index is 0.848. The number of hydrogen-bond acceptors (Lipinski definition) is 1. The highest BCUT2D eigenvalue weighted by Gasteiger charge is 2.31. The predicted octanol–water partition coefficient (Wildman–Crippen LogP) is 2.95. The van der Waals surface area contributed by atoms with Gasteiger partial charge in [-0.05, 0) is 37.5 Å². The predicted molar refractivity (Wildman–Crippen MR) is 56.7 cm³/mol. The molecule has 1 nitrogen and oxygen atoms in total. The Morgan fingerprint density at radius 3 is 2.54 bits per heavy atom. The van der Waals surface area contributed by atoms with Gasteiger partial charge in [-0.2, -0.15) is 0 Å². The van der Waals surface area contributed by atoms with Crippen molar-refractivity contribution in [2.75, 3.05) is 0 Å². The smallest absolute Gasteiger partial charge is 0.0100 e. The molecule has 0 radical (unpaired) electrons. The zero-order valence-corrected chi connectivity index (χ0v) is 9.05. The molecule has 0 aromatic rings. The normalized spacial score (nSPS) is 40.6. The van der Waals surface area contributed by atoms with Crippen LogP contribution in [0, 0.1) is 11.8 Å². The maximum Gasteiger partial charge on any atom is 0.0100 e. The van der Waals surface area contributed by atoms with Gasteiger partial charge in [0.05, 0.1) is 0 Å². The maximum atomic E-state index is 3.82. The van der Waals surface area contributed by atoms with Crippen LogP contribution in [0.4, 0.5) is 0 Å². The first-order valence-electron chi connectivity index (χ1n) is 6.05. The summed E-state index contributed by atoms with van der Waals surface area (Å²) in [6.45, 7) is 4.76. The van der Waals surface area contributed by atoms with Gasteiger partial charge in [0.1, 0.15) is 0 Å². The van der Waals surface area contributed by atoms with Crippen LogP contribution >= 0.6 is 0 Å². The second-order valence-electron chi connectivity index (χ2n) is 5.13. The van der Waals surface area contributed by atoms with Gasteiger partial charge in [0.15, 0.2) is 0 Å². The monoisotopic (exact) mass is 181 g/mol. The summed E-state index contributed by atoms with van der Waals surface area (Å²) < 4.78 is 0. The average molecular weight is 181 g/mol. The lowest BCUT2D eigenvalue weighted by Gasteiger charge is -2.35. The molecular formula is C12H23N. The standard InChI is InChI=1S/C12H23N/c1-3-10-5-4-9(2)8-12(10)13-11-6-7-11/h9-13H,3-8H2,1-2H3. The molecule has 0 aliphatic heterocycles. The van der Waals surface area contributed by atoms with Crippen LogP contribution in [0.25, 0.3) is 0 Å². The molecule has 3 atom stereocenters. The van der Waals surface area contributed by atoms with E-state index >= 15 is 0 Å². The van der Waals surface area contributed by atoms with E-state index in [4.69, 9.17) is 0 Å². The summed E-state index contributed by atoms with van der Waals surface area (Å²) >= 11 is 0. The fourth-order valence-electron chi connectivity index (χ4n) is 2.69. The largest absolute Gasteiger partial charge is 0.311 e. The minimum Gasteiger partial charge on any atom is -0.311 e. The zero-order chi connectivity index (χ0) is 9.26. The van der Waals surface area contributed by atoms with Crippen LogP contribution in [-0.4, -0.2) is 12.1 Å². The Morgan fingerprint density at radius 2 is 1.92 bits per heavy atom. The molecule has 0 aromatic carbocycles. The Morgan fingerprint density at radius 1 is 1.15 bits per heavy atom. The summed E-state index contributed by atoms with van der Waals surface area (Å²) in [6, 6.07) is 1.74. The van der Waals surface area contributed by atoms with Crippen molar-refractivity contribution < 1.29 is 0 Å². The quantitative estimate of drug-likeness (QED) is 0.706. The number of nitrogens with one attached hydrogen (secondary N) is 1. The van der Waals surface area contributed by atoms with Crippen LogP contribution in [0.15, 0.2) is 0 Å². The average Bonchev–Trinajstić information content (AvgIpc) is 2.89. The molecule has 13 heavy (non-hydrogen) atoms. The molecule has 2 fully saturated rings. The van der Waals surface area contributed by atoms with Crippen molar-refractivity contribution in [2.45, 2.75) is 64.5 Å². The van der Waals surface area contributed by atoms with Crippen molar-refractivity contribution in [3.05, 3.63) is 0 Å². The maximum absolute atomic E-state index is 3.82. The molecule has 2 saturated carbocycles. The van der Waals surface area contributed by atoms with Crippen LogP contribution in [0.5, 0.6) is 0 Å². The van der Waals surface area contributed by atoms with Crippen molar-refractivity contribution >= 4 is 0 Å². The molecule has 0 heterocycles. The molecule has 0 spiro atoms. The first-order chi connectivity index (χ1) is 6.29. The zero-order valence-electron chi connectivity index (χ0n) is 9.05. The first-order valence-corrected chi connectivity index (χ1v) is 6.05. The Labute approximate surface area is 82.3 Å². The van der Waals surface area contributed by atoms with Crippen LogP contribution in [-0.2, 0) is 0 Å². The van der Waals surface area contributed by atoms with Gasteiger partial charge in [-0.3, -0.25) is 0 Å². The molecule has 0 amide bonds. The van der Waals surface area contributed by atoms with Gasteiger partial charge >= 0.3 is 0 Å². The van der Waals surface area contributed by atoms with E-state index in [0.717, 1.165) is 23.9 Å². The summed E-state index contributed by atoms with van der Waals surface area (Å²) in [5.74, 6) is 1.93. The Balaban J connectivity index is 1.85. The number of hydrogen-bond donors (Lipinski definition) is 1. The molecule has 0 aromatic heterocycles. The molecule has 2 aliphatic carbocycles. The van der Waals surface area contributed by atoms with Crippen LogP contribution in [0.3, 0.4) is 0 Å². The Kier molecular flexibility index (Phi) is 2.92. The van der Waals surface area contributed by atoms with Gasteiger partial charge < -0.3 is 5.32 Å². The summed E-state index contributed by atoms with van der Waals surface area (Å²) in [7, 11) is 0. The second-order valence-corrected chi connectivity index (χ2v) is 5.13. The van der Waals surface area contributed by atoms with Crippen LogP contribution < -0.4 is 5.32 Å². The van der Waals surface area contributed by atoms with Crippen molar-refractivity contribution in [3.63, 3.8) is 0 Å². The summed E-state index contributed by atoms with van der Waals surface area (Å²) in [6.07, 6.45) is 8.58. The van der Waals surface area contributed by atoms with Gasteiger partial charge in [0, 0.05) is 12.1 Å². The van der Waals surface area contributed by atoms with E-state index in [2.05, 4.69) is 19.2 Å². The lowest BCUT2D eigenvalue weighted by atomic mass is 9.78. The van der Waals surface area contributed by atoms with E-state index in [-0.39, 0.29) is 0 Å². The lowest BCUT2D eigenvalue weighted by molar-refractivity contribution is 0.208. The topological polar surface area (TPSA) is 12.0 Å². The van der Waals surface area contributed by atoms with E-state index in [9.17, 15) is 0 Å². The van der Waals surface area contributed by atoms with Gasteiger partial charge in [0.2, 0.25) is 0 Å². The number of rotatable bonds is 3. The highest BCUT2D eigenvalue weighted by molar-refractivity contribution is 4.90. The first kappa shape index (κ1) is 9.51. The fraction of sp³-hybridized carbons (Fsp3) is 1.00. The molecule has 2 rings (SSSR count). The van der Waals surface area contributed by atoms with Crippen molar-refractivity contribution in [3.8, 4) is 0 Å². The third-order valence-electron chi connectivity index (χ3n) is 3.81. The van der Waals surface area contributed by atoms with E-state index in [1.807, 2.05) is 0 Å². The summed E-state index contributed by atoms with van der Waals surface area (Å²) in [4.78, 5) is 0. The lowest BCUT2D eigenvalue weighted by Crippen LogP contribution is -2.41. The van der Waals surface area contributed by atoms with Crippen molar-refractivity contribution in [1.29, 1.82) is 0 Å². The Hall–Kier alpha value is -0.0400. The van der Waals surface area contributed by atoms with E-state index in [1.165, 1.54) is 38.5 Å². The van der Waals surface area contributed by atoms with Gasteiger partial charge in [0.25, 0.3) is 0 Å². The fourth-order valence-corrected chi connectivity index (χ4v) is 2.69.